The Labute approximate surface area is 168 Å². The minimum Gasteiger partial charge on any atom is -0.454 e. The van der Waals surface area contributed by atoms with E-state index in [1.165, 1.54) is 5.56 Å². The van der Waals surface area contributed by atoms with Gasteiger partial charge in [-0.3, -0.25) is 0 Å². The highest BCUT2D eigenvalue weighted by atomic mass is 32.1. The van der Waals surface area contributed by atoms with Crippen molar-refractivity contribution in [2.75, 3.05) is 13.4 Å². The predicted octanol–water partition coefficient (Wildman–Crippen LogP) is 4.74. The summed E-state index contributed by atoms with van der Waals surface area (Å²) in [7, 11) is 0. The van der Waals surface area contributed by atoms with Gasteiger partial charge in [0.2, 0.25) is 6.79 Å². The van der Waals surface area contributed by atoms with E-state index in [1.54, 1.807) is 11.3 Å². The van der Waals surface area contributed by atoms with Crippen molar-refractivity contribution >= 4 is 22.2 Å². The molecule has 1 N–H and O–H groups in total. The maximum Gasteiger partial charge on any atom is 0.231 e. The van der Waals surface area contributed by atoms with Gasteiger partial charge in [-0.05, 0) is 55.8 Å². The van der Waals surface area contributed by atoms with Crippen molar-refractivity contribution in [1.82, 2.24) is 10.3 Å². The molecule has 0 amide bonds. The van der Waals surface area contributed by atoms with Gasteiger partial charge in [-0.25, -0.2) is 4.98 Å². The number of nitrogens with zero attached hydrogens (tertiary/aromatic N) is 1. The van der Waals surface area contributed by atoms with Crippen molar-refractivity contribution in [2.45, 2.75) is 44.9 Å². The fourth-order valence-corrected chi connectivity index (χ4v) is 4.69. The molecule has 0 aliphatic carbocycles. The van der Waals surface area contributed by atoms with Crippen LogP contribution in [0.4, 0.5) is 0 Å². The number of aromatic nitrogens is 1. The molecular formula is C22H24N2O3S. The molecule has 28 heavy (non-hydrogen) atoms. The fraction of sp³-hybridized carbons (Fsp3) is 0.409. The van der Waals surface area contributed by atoms with Crippen molar-refractivity contribution in [2.24, 2.45) is 0 Å². The fourth-order valence-electron chi connectivity index (χ4n) is 4.05. The molecule has 0 spiro atoms. The van der Waals surface area contributed by atoms with Gasteiger partial charge in [0, 0.05) is 41.6 Å². The summed E-state index contributed by atoms with van der Waals surface area (Å²) in [5, 5.41) is 9.07. The molecule has 146 valence electrons. The number of benzene rings is 1. The Morgan fingerprint density at radius 3 is 2.86 bits per heavy atom. The molecule has 1 saturated heterocycles. The van der Waals surface area contributed by atoms with Crippen molar-refractivity contribution in [3.8, 4) is 22.8 Å². The lowest BCUT2D eigenvalue weighted by Gasteiger charge is -2.36. The summed E-state index contributed by atoms with van der Waals surface area (Å²) in [6.45, 7) is 6.19. The molecule has 0 bridgehead atoms. The molecule has 6 heteroatoms. The van der Waals surface area contributed by atoms with Crippen LogP contribution < -0.4 is 14.8 Å². The van der Waals surface area contributed by atoms with E-state index >= 15 is 0 Å². The van der Waals surface area contributed by atoms with Gasteiger partial charge in [-0.15, -0.1) is 0 Å². The second-order valence-corrected chi connectivity index (χ2v) is 8.87. The van der Waals surface area contributed by atoms with Crippen LogP contribution in [-0.2, 0) is 11.3 Å². The molecule has 5 rings (SSSR count). The van der Waals surface area contributed by atoms with Crippen LogP contribution in [-0.4, -0.2) is 30.0 Å². The Morgan fingerprint density at radius 2 is 2.07 bits per heavy atom. The molecule has 0 saturated carbocycles. The summed E-state index contributed by atoms with van der Waals surface area (Å²) in [6, 6.07) is 8.82. The quantitative estimate of drug-likeness (QED) is 0.690. The van der Waals surface area contributed by atoms with Crippen LogP contribution in [0.3, 0.4) is 0 Å². The standard InChI is InChI=1S/C22H24N2O3S/c1-22(2)10-17(3-5-27-22)23-11-16-7-15-8-19-20(26-13-25-19)9-18(15)24-21(16)14-4-6-28-12-14/h4,6-9,12,17,23H,3,5,10-11,13H2,1-2H3. The summed E-state index contributed by atoms with van der Waals surface area (Å²) >= 11 is 1.69. The van der Waals surface area contributed by atoms with Gasteiger partial charge in [0.05, 0.1) is 16.8 Å². The minimum atomic E-state index is -0.0639. The van der Waals surface area contributed by atoms with E-state index in [9.17, 15) is 0 Å². The van der Waals surface area contributed by atoms with E-state index in [1.807, 2.05) is 12.1 Å². The first-order valence-corrected chi connectivity index (χ1v) is 10.6. The highest BCUT2D eigenvalue weighted by molar-refractivity contribution is 7.08. The molecule has 1 atom stereocenters. The summed E-state index contributed by atoms with van der Waals surface area (Å²) in [5.74, 6) is 1.56. The maximum absolute atomic E-state index is 5.85. The second-order valence-electron chi connectivity index (χ2n) is 8.09. The van der Waals surface area contributed by atoms with E-state index in [2.05, 4.69) is 42.1 Å². The highest BCUT2D eigenvalue weighted by Gasteiger charge is 2.28. The molecular weight excluding hydrogens is 372 g/mol. The summed E-state index contributed by atoms with van der Waals surface area (Å²) in [6.07, 6.45) is 2.05. The predicted molar refractivity (Wildman–Crippen MR) is 111 cm³/mol. The van der Waals surface area contributed by atoms with E-state index in [0.29, 0.717) is 6.04 Å². The zero-order chi connectivity index (χ0) is 19.1. The SMILES string of the molecule is CC1(C)CC(NCc2cc3cc4c(cc3nc2-c2ccsc2)OCO4)CCO1. The number of hydrogen-bond donors (Lipinski definition) is 1. The van der Waals surface area contributed by atoms with E-state index in [4.69, 9.17) is 19.2 Å². The van der Waals surface area contributed by atoms with Gasteiger partial charge in [0.1, 0.15) is 0 Å². The van der Waals surface area contributed by atoms with Crippen molar-refractivity contribution in [3.63, 3.8) is 0 Å². The third kappa shape index (κ3) is 3.48. The van der Waals surface area contributed by atoms with Crippen LogP contribution in [0.5, 0.6) is 11.5 Å². The zero-order valence-corrected chi connectivity index (χ0v) is 17.0. The van der Waals surface area contributed by atoms with Gasteiger partial charge < -0.3 is 19.5 Å². The first kappa shape index (κ1) is 17.9. The van der Waals surface area contributed by atoms with Crippen LogP contribution in [0.25, 0.3) is 22.2 Å². The van der Waals surface area contributed by atoms with Crippen molar-refractivity contribution in [3.05, 3.63) is 40.6 Å². The first-order valence-electron chi connectivity index (χ1n) is 9.71. The Balaban J connectivity index is 1.49. The van der Waals surface area contributed by atoms with Crippen LogP contribution in [0.1, 0.15) is 32.3 Å². The Hall–Kier alpha value is -2.15. The van der Waals surface area contributed by atoms with Gasteiger partial charge in [-0.1, -0.05) is 0 Å². The average Bonchev–Trinajstić information content (AvgIpc) is 3.34. The third-order valence-corrected chi connectivity index (χ3v) is 6.14. The molecule has 1 aromatic carbocycles. The molecule has 0 radical (unpaired) electrons. The van der Waals surface area contributed by atoms with Gasteiger partial charge in [-0.2, -0.15) is 11.3 Å². The zero-order valence-electron chi connectivity index (χ0n) is 16.2. The number of pyridine rings is 1. The molecule has 5 nitrogen and oxygen atoms in total. The van der Waals surface area contributed by atoms with Crippen molar-refractivity contribution in [1.29, 1.82) is 0 Å². The molecule has 1 unspecified atom stereocenters. The van der Waals surface area contributed by atoms with E-state index < -0.39 is 0 Å². The lowest BCUT2D eigenvalue weighted by molar-refractivity contribution is -0.0630. The van der Waals surface area contributed by atoms with E-state index in [-0.39, 0.29) is 12.4 Å². The van der Waals surface area contributed by atoms with E-state index in [0.717, 1.165) is 59.7 Å². The number of rotatable bonds is 4. The van der Waals surface area contributed by atoms with Crippen LogP contribution >= 0.6 is 11.3 Å². The molecule has 2 aromatic heterocycles. The third-order valence-electron chi connectivity index (χ3n) is 5.46. The number of fused-ring (bicyclic) bond motifs is 2. The van der Waals surface area contributed by atoms with Gasteiger partial charge in [0.15, 0.2) is 11.5 Å². The Morgan fingerprint density at radius 1 is 1.21 bits per heavy atom. The lowest BCUT2D eigenvalue weighted by atomic mass is 9.93. The van der Waals surface area contributed by atoms with Gasteiger partial charge >= 0.3 is 0 Å². The van der Waals surface area contributed by atoms with Crippen LogP contribution in [0.15, 0.2) is 35.0 Å². The Bertz CT molecular complexity index is 1000. The number of nitrogens with one attached hydrogen (secondary N) is 1. The summed E-state index contributed by atoms with van der Waals surface area (Å²) < 4.78 is 16.9. The molecule has 2 aliphatic rings. The minimum absolute atomic E-state index is 0.0639. The summed E-state index contributed by atoms with van der Waals surface area (Å²) in [4.78, 5) is 4.99. The smallest absolute Gasteiger partial charge is 0.231 e. The average molecular weight is 397 g/mol. The largest absolute Gasteiger partial charge is 0.454 e. The van der Waals surface area contributed by atoms with Crippen molar-refractivity contribution < 1.29 is 14.2 Å². The lowest BCUT2D eigenvalue weighted by Crippen LogP contribution is -2.43. The maximum atomic E-state index is 5.85. The molecule has 2 aliphatic heterocycles. The first-order chi connectivity index (χ1) is 13.6. The molecule has 1 fully saturated rings. The number of thiophene rings is 1. The number of ether oxygens (including phenoxy) is 3. The van der Waals surface area contributed by atoms with Crippen LogP contribution in [0.2, 0.25) is 0 Å². The second kappa shape index (κ2) is 7.03. The Kier molecular flexibility index (Phi) is 4.50. The van der Waals surface area contributed by atoms with Crippen LogP contribution in [0, 0.1) is 0 Å². The normalized spacial score (nSPS) is 20.6. The topological polar surface area (TPSA) is 52.6 Å². The van der Waals surface area contributed by atoms with Gasteiger partial charge in [0.25, 0.3) is 0 Å². The molecule has 4 heterocycles. The number of hydrogen-bond acceptors (Lipinski definition) is 6. The monoisotopic (exact) mass is 396 g/mol. The highest BCUT2D eigenvalue weighted by Crippen LogP contribution is 2.37. The summed E-state index contributed by atoms with van der Waals surface area (Å²) in [5.41, 5.74) is 4.27. The molecule has 3 aromatic rings.